The van der Waals surface area contributed by atoms with Gasteiger partial charge in [0.1, 0.15) is 11.1 Å². The van der Waals surface area contributed by atoms with E-state index in [0.29, 0.717) is 25.4 Å². The van der Waals surface area contributed by atoms with Gasteiger partial charge in [-0.05, 0) is 32.4 Å². The van der Waals surface area contributed by atoms with Crippen LogP contribution in [0.4, 0.5) is 4.79 Å². The van der Waals surface area contributed by atoms with E-state index in [1.807, 2.05) is 38.1 Å². The molecule has 0 bridgehead atoms. The lowest BCUT2D eigenvalue weighted by atomic mass is 9.99. The molecule has 1 N–H and O–H groups in total. The van der Waals surface area contributed by atoms with E-state index in [9.17, 15) is 9.59 Å². The van der Waals surface area contributed by atoms with E-state index < -0.39 is 5.54 Å². The third-order valence-corrected chi connectivity index (χ3v) is 4.75. The lowest BCUT2D eigenvalue weighted by molar-refractivity contribution is -0.132. The lowest BCUT2D eigenvalue weighted by Crippen LogP contribution is -2.49. The number of hydrogen-bond acceptors (Lipinski definition) is 5. The first kappa shape index (κ1) is 15.1. The molecule has 1 aromatic heterocycles. The molecule has 2 aliphatic heterocycles. The van der Waals surface area contributed by atoms with E-state index >= 15 is 0 Å². The van der Waals surface area contributed by atoms with Crippen molar-refractivity contribution >= 4 is 23.0 Å². The maximum Gasteiger partial charge on any atom is 0.325 e. The van der Waals surface area contributed by atoms with Crippen LogP contribution in [0.3, 0.4) is 0 Å². The normalized spacial score (nSPS) is 24.7. The molecular weight excluding hydrogens is 308 g/mol. The Labute approximate surface area is 139 Å². The van der Waals surface area contributed by atoms with Crippen molar-refractivity contribution in [3.05, 3.63) is 30.2 Å². The molecule has 3 heterocycles. The fraction of sp³-hybridized carbons (Fsp3) is 0.471. The molecular formula is C17H20N4O3. The second-order valence-electron chi connectivity index (χ2n) is 6.82. The molecule has 1 unspecified atom stereocenters. The van der Waals surface area contributed by atoms with E-state index in [-0.39, 0.29) is 18.0 Å². The van der Waals surface area contributed by atoms with Crippen molar-refractivity contribution in [2.75, 3.05) is 13.1 Å². The molecule has 7 nitrogen and oxygen atoms in total. The summed E-state index contributed by atoms with van der Waals surface area (Å²) in [5.74, 6) is 0.508. The van der Waals surface area contributed by atoms with Crippen molar-refractivity contribution in [2.24, 2.45) is 0 Å². The number of carbonyl (C=O) groups excluding carboxylic acids is 2. The Balaban J connectivity index is 1.50. The summed E-state index contributed by atoms with van der Waals surface area (Å²) in [6.45, 7) is 5.43. The highest BCUT2D eigenvalue weighted by Crippen LogP contribution is 2.30. The number of hydrogen-bond donors (Lipinski definition) is 1. The summed E-state index contributed by atoms with van der Waals surface area (Å²) in [5, 5.41) is 2.90. The van der Waals surface area contributed by atoms with E-state index in [2.05, 4.69) is 15.2 Å². The smallest absolute Gasteiger partial charge is 0.325 e. The van der Waals surface area contributed by atoms with Crippen LogP contribution >= 0.6 is 0 Å². The highest BCUT2D eigenvalue weighted by Gasteiger charge is 2.55. The van der Waals surface area contributed by atoms with Gasteiger partial charge in [-0.1, -0.05) is 12.1 Å². The van der Waals surface area contributed by atoms with E-state index in [1.165, 1.54) is 4.90 Å². The molecule has 7 heteroatoms. The maximum atomic E-state index is 12.7. The fourth-order valence-corrected chi connectivity index (χ4v) is 3.59. The van der Waals surface area contributed by atoms with Crippen LogP contribution < -0.4 is 5.32 Å². The highest BCUT2D eigenvalue weighted by atomic mass is 16.3. The molecule has 1 spiro atoms. The Hall–Kier alpha value is -2.41. The minimum Gasteiger partial charge on any atom is -0.439 e. The van der Waals surface area contributed by atoms with Gasteiger partial charge >= 0.3 is 6.03 Å². The van der Waals surface area contributed by atoms with Crippen molar-refractivity contribution in [3.63, 3.8) is 0 Å². The second kappa shape index (κ2) is 5.31. The summed E-state index contributed by atoms with van der Waals surface area (Å²) in [6.07, 6.45) is 0.612. The predicted octanol–water partition coefficient (Wildman–Crippen LogP) is 1.73. The molecule has 1 aromatic carbocycles. The summed E-state index contributed by atoms with van der Waals surface area (Å²) >= 11 is 0. The average Bonchev–Trinajstić information content (AvgIpc) is 3.17. The largest absolute Gasteiger partial charge is 0.439 e. The fourth-order valence-electron chi connectivity index (χ4n) is 3.59. The van der Waals surface area contributed by atoms with Crippen LogP contribution in [0.5, 0.6) is 0 Å². The van der Waals surface area contributed by atoms with Gasteiger partial charge in [-0.3, -0.25) is 14.6 Å². The van der Waals surface area contributed by atoms with Crippen LogP contribution in [0.25, 0.3) is 11.1 Å². The number of carbonyl (C=O) groups is 2. The van der Waals surface area contributed by atoms with E-state index in [0.717, 1.165) is 17.6 Å². The molecule has 2 aromatic rings. The number of fused-ring (bicyclic) bond motifs is 1. The quantitative estimate of drug-likeness (QED) is 0.868. The minimum absolute atomic E-state index is 0.123. The van der Waals surface area contributed by atoms with Gasteiger partial charge in [0.05, 0.1) is 6.54 Å². The summed E-state index contributed by atoms with van der Waals surface area (Å²) in [6, 6.07) is 7.21. The van der Waals surface area contributed by atoms with Crippen LogP contribution in [-0.2, 0) is 11.3 Å². The number of urea groups is 1. The minimum atomic E-state index is -0.798. The first-order valence-corrected chi connectivity index (χ1v) is 8.21. The number of imide groups is 1. The number of aromatic nitrogens is 1. The summed E-state index contributed by atoms with van der Waals surface area (Å²) in [7, 11) is 0. The Bertz CT molecular complexity index is 782. The van der Waals surface area contributed by atoms with Gasteiger partial charge in [-0.15, -0.1) is 0 Å². The zero-order valence-corrected chi connectivity index (χ0v) is 13.8. The van der Waals surface area contributed by atoms with Gasteiger partial charge < -0.3 is 9.73 Å². The van der Waals surface area contributed by atoms with Gasteiger partial charge in [0.15, 0.2) is 5.58 Å². The van der Waals surface area contributed by atoms with Crippen molar-refractivity contribution in [2.45, 2.75) is 38.4 Å². The van der Waals surface area contributed by atoms with Crippen molar-refractivity contribution in [1.29, 1.82) is 0 Å². The van der Waals surface area contributed by atoms with Gasteiger partial charge in [-0.2, -0.15) is 0 Å². The summed E-state index contributed by atoms with van der Waals surface area (Å²) < 4.78 is 5.75. The Morgan fingerprint density at radius 2 is 2.12 bits per heavy atom. The molecule has 126 valence electrons. The van der Waals surface area contributed by atoms with Gasteiger partial charge in [0.25, 0.3) is 5.91 Å². The number of amides is 3. The third kappa shape index (κ3) is 2.27. The molecule has 0 saturated carbocycles. The average molecular weight is 328 g/mol. The van der Waals surface area contributed by atoms with Crippen molar-refractivity contribution < 1.29 is 14.0 Å². The Morgan fingerprint density at radius 3 is 2.83 bits per heavy atom. The Morgan fingerprint density at radius 1 is 1.33 bits per heavy atom. The monoisotopic (exact) mass is 328 g/mol. The number of nitrogens with one attached hydrogen (secondary N) is 1. The van der Waals surface area contributed by atoms with Crippen LogP contribution in [0.15, 0.2) is 28.7 Å². The molecule has 0 radical (unpaired) electrons. The van der Waals surface area contributed by atoms with Crippen LogP contribution in [-0.4, -0.2) is 51.4 Å². The highest BCUT2D eigenvalue weighted by molar-refractivity contribution is 6.07. The Kier molecular flexibility index (Phi) is 3.35. The van der Waals surface area contributed by atoms with E-state index in [1.54, 1.807) is 0 Å². The second-order valence-corrected chi connectivity index (χ2v) is 6.82. The molecule has 2 aliphatic rings. The number of nitrogens with zero attached hydrogens (tertiary/aromatic N) is 3. The number of benzene rings is 1. The van der Waals surface area contributed by atoms with E-state index in [4.69, 9.17) is 4.42 Å². The lowest BCUT2D eigenvalue weighted by Gasteiger charge is -2.22. The SMILES string of the molecule is CC(C)N1C(=O)NC2(CCN(Cc3nc4ccccc4o3)C2)C1=O. The maximum absolute atomic E-state index is 12.7. The molecule has 1 atom stereocenters. The van der Waals surface area contributed by atoms with Gasteiger partial charge in [0.2, 0.25) is 5.89 Å². The summed E-state index contributed by atoms with van der Waals surface area (Å²) in [4.78, 5) is 32.7. The number of oxazole rings is 1. The zero-order valence-electron chi connectivity index (χ0n) is 13.8. The van der Waals surface area contributed by atoms with Gasteiger partial charge in [0, 0.05) is 19.1 Å². The van der Waals surface area contributed by atoms with Crippen LogP contribution in [0, 0.1) is 0 Å². The zero-order chi connectivity index (χ0) is 16.9. The molecule has 0 aliphatic carbocycles. The number of rotatable bonds is 3. The number of likely N-dealkylation sites (tertiary alicyclic amines) is 1. The first-order chi connectivity index (χ1) is 11.5. The van der Waals surface area contributed by atoms with Crippen LogP contribution in [0.2, 0.25) is 0 Å². The molecule has 2 fully saturated rings. The summed E-state index contributed by atoms with van der Waals surface area (Å²) in [5.41, 5.74) is 0.795. The van der Waals surface area contributed by atoms with Crippen molar-refractivity contribution in [1.82, 2.24) is 20.1 Å². The first-order valence-electron chi connectivity index (χ1n) is 8.21. The standard InChI is InChI=1S/C17H20N4O3/c1-11(2)21-15(22)17(19-16(21)23)7-8-20(10-17)9-14-18-12-5-3-4-6-13(12)24-14/h3-6,11H,7-10H2,1-2H3,(H,19,23). The van der Waals surface area contributed by atoms with Gasteiger partial charge in [-0.25, -0.2) is 9.78 Å². The topological polar surface area (TPSA) is 78.7 Å². The molecule has 4 rings (SSSR count). The third-order valence-electron chi connectivity index (χ3n) is 4.75. The predicted molar refractivity (Wildman–Crippen MR) is 87.1 cm³/mol. The molecule has 2 saturated heterocycles. The molecule has 3 amide bonds. The van der Waals surface area contributed by atoms with Crippen LogP contribution in [0.1, 0.15) is 26.2 Å². The number of para-hydroxylation sites is 2. The molecule has 24 heavy (non-hydrogen) atoms. The van der Waals surface area contributed by atoms with Crippen molar-refractivity contribution in [3.8, 4) is 0 Å².